The largest absolute Gasteiger partial charge is 0.481 e. The van der Waals surface area contributed by atoms with Gasteiger partial charge in [0, 0.05) is 26.0 Å². The summed E-state index contributed by atoms with van der Waals surface area (Å²) in [5.41, 5.74) is 0. The summed E-state index contributed by atoms with van der Waals surface area (Å²) >= 11 is 0. The Morgan fingerprint density at radius 1 is 1.29 bits per heavy atom. The molecule has 0 saturated carbocycles. The molecule has 0 aromatic rings. The monoisotopic (exact) mass is 299 g/mol. The molecule has 0 bridgehead atoms. The lowest BCUT2D eigenvalue weighted by Crippen LogP contribution is -2.28. The molecule has 0 aromatic carbocycles. The molecule has 0 aromatic heterocycles. The quantitative estimate of drug-likeness (QED) is 0.650. The minimum absolute atomic E-state index is 0.0808. The highest BCUT2D eigenvalue weighted by molar-refractivity contribution is 5.75. The molecule has 1 fully saturated rings. The maximum atomic E-state index is 11.8. The Kier molecular flexibility index (Phi) is 9.06. The van der Waals surface area contributed by atoms with Gasteiger partial charge in [-0.2, -0.15) is 0 Å². The van der Waals surface area contributed by atoms with Crippen molar-refractivity contribution in [3.8, 4) is 0 Å². The number of rotatable bonds is 10. The molecule has 1 saturated heterocycles. The highest BCUT2D eigenvalue weighted by Gasteiger charge is 2.15. The fourth-order valence-electron chi connectivity index (χ4n) is 2.71. The van der Waals surface area contributed by atoms with Crippen LogP contribution >= 0.6 is 0 Å². The predicted octanol–water partition coefficient (Wildman–Crippen LogP) is 2.73. The van der Waals surface area contributed by atoms with Crippen LogP contribution in [0.15, 0.2) is 0 Å². The second kappa shape index (κ2) is 10.6. The minimum atomic E-state index is -0.745. The Morgan fingerprint density at radius 3 is 2.71 bits per heavy atom. The number of carboxylic acid groups (broad SMARTS) is 1. The summed E-state index contributed by atoms with van der Waals surface area (Å²) < 4.78 is 5.61. The van der Waals surface area contributed by atoms with Gasteiger partial charge in [-0.3, -0.25) is 9.59 Å². The standard InChI is InChI=1S/C16H29NO4/c1-2-13(6-9-16(19)20)10-11-17-15(18)8-7-14-5-3-4-12-21-14/h13-14H,2-12H2,1H3,(H,17,18)(H,19,20). The van der Waals surface area contributed by atoms with E-state index in [-0.39, 0.29) is 18.4 Å². The molecule has 2 unspecified atom stereocenters. The van der Waals surface area contributed by atoms with Gasteiger partial charge in [0.1, 0.15) is 0 Å². The Balaban J connectivity index is 2.06. The van der Waals surface area contributed by atoms with Crippen LogP contribution in [0.25, 0.3) is 0 Å². The maximum absolute atomic E-state index is 11.8. The SMILES string of the molecule is CCC(CCNC(=O)CCC1CCCCO1)CCC(=O)O. The van der Waals surface area contributed by atoms with Crippen molar-refractivity contribution in [2.45, 2.75) is 70.8 Å². The number of hydrogen-bond donors (Lipinski definition) is 2. The van der Waals surface area contributed by atoms with Crippen LogP contribution in [0.5, 0.6) is 0 Å². The first-order chi connectivity index (χ1) is 10.1. The zero-order valence-corrected chi connectivity index (χ0v) is 13.1. The van der Waals surface area contributed by atoms with Crippen molar-refractivity contribution >= 4 is 11.9 Å². The lowest BCUT2D eigenvalue weighted by Gasteiger charge is -2.22. The van der Waals surface area contributed by atoms with E-state index in [0.717, 1.165) is 38.7 Å². The summed E-state index contributed by atoms with van der Waals surface area (Å²) in [6.07, 6.45) is 7.71. The molecule has 0 spiro atoms. The molecule has 1 rings (SSSR count). The van der Waals surface area contributed by atoms with Crippen molar-refractivity contribution in [1.29, 1.82) is 0 Å². The summed E-state index contributed by atoms with van der Waals surface area (Å²) in [6.45, 7) is 3.53. The van der Waals surface area contributed by atoms with Crippen molar-refractivity contribution in [3.05, 3.63) is 0 Å². The molecule has 2 N–H and O–H groups in total. The topological polar surface area (TPSA) is 75.6 Å². The van der Waals surface area contributed by atoms with E-state index in [1.54, 1.807) is 0 Å². The molecule has 1 aliphatic heterocycles. The van der Waals surface area contributed by atoms with E-state index in [0.29, 0.717) is 25.3 Å². The van der Waals surface area contributed by atoms with E-state index in [2.05, 4.69) is 12.2 Å². The highest BCUT2D eigenvalue weighted by Crippen LogP contribution is 2.17. The second-order valence-corrected chi connectivity index (χ2v) is 5.87. The zero-order chi connectivity index (χ0) is 15.5. The molecule has 21 heavy (non-hydrogen) atoms. The predicted molar refractivity (Wildman–Crippen MR) is 81.1 cm³/mol. The summed E-state index contributed by atoms with van der Waals surface area (Å²) in [4.78, 5) is 22.3. The minimum Gasteiger partial charge on any atom is -0.481 e. The van der Waals surface area contributed by atoms with E-state index in [9.17, 15) is 9.59 Å². The number of hydrogen-bond acceptors (Lipinski definition) is 3. The fraction of sp³-hybridized carbons (Fsp3) is 0.875. The molecule has 122 valence electrons. The summed E-state index contributed by atoms with van der Waals surface area (Å²) in [5.74, 6) is -0.287. The smallest absolute Gasteiger partial charge is 0.303 e. The zero-order valence-electron chi connectivity index (χ0n) is 13.1. The van der Waals surface area contributed by atoms with E-state index >= 15 is 0 Å². The molecule has 0 aliphatic carbocycles. The van der Waals surface area contributed by atoms with Crippen LogP contribution < -0.4 is 5.32 Å². The number of carbonyl (C=O) groups excluding carboxylic acids is 1. The highest BCUT2D eigenvalue weighted by atomic mass is 16.5. The van der Waals surface area contributed by atoms with Crippen molar-refractivity contribution in [3.63, 3.8) is 0 Å². The van der Waals surface area contributed by atoms with E-state index in [4.69, 9.17) is 9.84 Å². The number of nitrogens with one attached hydrogen (secondary N) is 1. The molecule has 1 heterocycles. The Bertz CT molecular complexity index is 313. The van der Waals surface area contributed by atoms with Gasteiger partial charge >= 0.3 is 5.97 Å². The third kappa shape index (κ3) is 8.71. The molecular weight excluding hydrogens is 270 g/mol. The van der Waals surface area contributed by atoms with Crippen LogP contribution in [0.4, 0.5) is 0 Å². The van der Waals surface area contributed by atoms with Crippen LogP contribution in [0.2, 0.25) is 0 Å². The number of carboxylic acids is 1. The number of amides is 1. The molecule has 1 amide bonds. The Hall–Kier alpha value is -1.10. The Morgan fingerprint density at radius 2 is 2.10 bits per heavy atom. The van der Waals surface area contributed by atoms with Gasteiger partial charge < -0.3 is 15.2 Å². The third-order valence-electron chi connectivity index (χ3n) is 4.19. The average molecular weight is 299 g/mol. The van der Waals surface area contributed by atoms with Gasteiger partial charge in [0.25, 0.3) is 0 Å². The third-order valence-corrected chi connectivity index (χ3v) is 4.19. The first kappa shape index (κ1) is 18.0. The van der Waals surface area contributed by atoms with Crippen LogP contribution in [-0.4, -0.2) is 36.2 Å². The summed E-state index contributed by atoms with van der Waals surface area (Å²) in [5, 5.41) is 11.6. The van der Waals surface area contributed by atoms with Crippen LogP contribution in [0, 0.1) is 5.92 Å². The average Bonchev–Trinajstić information content (AvgIpc) is 2.49. The van der Waals surface area contributed by atoms with Gasteiger partial charge in [0.05, 0.1) is 6.10 Å². The molecule has 5 heteroatoms. The van der Waals surface area contributed by atoms with Gasteiger partial charge in [0.15, 0.2) is 0 Å². The molecule has 0 radical (unpaired) electrons. The van der Waals surface area contributed by atoms with Gasteiger partial charge in [-0.05, 0) is 44.4 Å². The molecule has 5 nitrogen and oxygen atoms in total. The first-order valence-electron chi connectivity index (χ1n) is 8.22. The van der Waals surface area contributed by atoms with E-state index < -0.39 is 5.97 Å². The fourth-order valence-corrected chi connectivity index (χ4v) is 2.71. The van der Waals surface area contributed by atoms with Crippen molar-refractivity contribution < 1.29 is 19.4 Å². The van der Waals surface area contributed by atoms with Gasteiger partial charge in [-0.1, -0.05) is 13.3 Å². The number of ether oxygens (including phenoxy) is 1. The first-order valence-corrected chi connectivity index (χ1v) is 8.22. The van der Waals surface area contributed by atoms with Crippen molar-refractivity contribution in [1.82, 2.24) is 5.32 Å². The summed E-state index contributed by atoms with van der Waals surface area (Å²) in [6, 6.07) is 0. The van der Waals surface area contributed by atoms with E-state index in [1.165, 1.54) is 6.42 Å². The normalized spacial score (nSPS) is 20.0. The number of carbonyl (C=O) groups is 2. The maximum Gasteiger partial charge on any atom is 0.303 e. The molecule has 1 aliphatic rings. The van der Waals surface area contributed by atoms with Crippen LogP contribution in [-0.2, 0) is 14.3 Å². The lowest BCUT2D eigenvalue weighted by molar-refractivity contribution is -0.137. The molecule has 2 atom stereocenters. The second-order valence-electron chi connectivity index (χ2n) is 5.87. The Labute approximate surface area is 127 Å². The van der Waals surface area contributed by atoms with Gasteiger partial charge in [-0.15, -0.1) is 0 Å². The van der Waals surface area contributed by atoms with Crippen LogP contribution in [0.3, 0.4) is 0 Å². The number of aliphatic carboxylic acids is 1. The van der Waals surface area contributed by atoms with Crippen molar-refractivity contribution in [2.24, 2.45) is 5.92 Å². The van der Waals surface area contributed by atoms with Crippen LogP contribution in [0.1, 0.15) is 64.7 Å². The molecular formula is C16H29NO4. The van der Waals surface area contributed by atoms with Crippen molar-refractivity contribution in [2.75, 3.05) is 13.2 Å². The van der Waals surface area contributed by atoms with Gasteiger partial charge in [-0.25, -0.2) is 0 Å². The van der Waals surface area contributed by atoms with E-state index in [1.807, 2.05) is 0 Å². The van der Waals surface area contributed by atoms with Gasteiger partial charge in [0.2, 0.25) is 5.91 Å². The summed E-state index contributed by atoms with van der Waals surface area (Å²) in [7, 11) is 0. The lowest BCUT2D eigenvalue weighted by atomic mass is 9.96.